The van der Waals surface area contributed by atoms with Crippen LogP contribution >= 0.6 is 11.3 Å². The van der Waals surface area contributed by atoms with Crippen molar-refractivity contribution in [2.75, 3.05) is 13.7 Å². The van der Waals surface area contributed by atoms with Crippen LogP contribution in [-0.2, 0) is 11.3 Å². The van der Waals surface area contributed by atoms with Crippen LogP contribution in [-0.4, -0.2) is 29.6 Å². The number of benzene rings is 1. The Bertz CT molecular complexity index is 1000. The first-order chi connectivity index (χ1) is 14.2. The number of carbonyl (C=O) groups is 1. The highest BCUT2D eigenvalue weighted by molar-refractivity contribution is 7.09. The van der Waals surface area contributed by atoms with Crippen molar-refractivity contribution in [1.82, 2.24) is 15.3 Å². The van der Waals surface area contributed by atoms with Gasteiger partial charge in [0.1, 0.15) is 11.6 Å². The fraction of sp³-hybridized carbons (Fsp3) is 0.136. The number of hydrogen-bond donors (Lipinski definition) is 1. The minimum Gasteiger partial charge on any atom is -0.493 e. The number of thiazole rings is 1. The molecule has 3 aromatic rings. The molecule has 148 valence electrons. The Balaban J connectivity index is 1.56. The average Bonchev–Trinajstić information content (AvgIpc) is 3.24. The van der Waals surface area contributed by atoms with E-state index in [2.05, 4.69) is 21.9 Å². The SMILES string of the molecule is C=CCOc1ccc(/C=C/C(=O)NCc2nc(-c3ccncc3)cs2)cc1OC. The molecule has 0 aliphatic rings. The van der Waals surface area contributed by atoms with E-state index in [0.29, 0.717) is 24.7 Å². The summed E-state index contributed by atoms with van der Waals surface area (Å²) >= 11 is 1.51. The topological polar surface area (TPSA) is 73.3 Å². The van der Waals surface area contributed by atoms with Crippen LogP contribution in [0.5, 0.6) is 11.5 Å². The van der Waals surface area contributed by atoms with E-state index in [1.807, 2.05) is 29.6 Å². The van der Waals surface area contributed by atoms with Gasteiger partial charge in [0.15, 0.2) is 11.5 Å². The van der Waals surface area contributed by atoms with Gasteiger partial charge < -0.3 is 14.8 Å². The van der Waals surface area contributed by atoms with E-state index >= 15 is 0 Å². The molecule has 7 heteroatoms. The van der Waals surface area contributed by atoms with E-state index in [1.165, 1.54) is 17.4 Å². The first-order valence-corrected chi connectivity index (χ1v) is 9.80. The summed E-state index contributed by atoms with van der Waals surface area (Å²) in [7, 11) is 1.57. The van der Waals surface area contributed by atoms with Crippen LogP contribution in [0.2, 0.25) is 0 Å². The van der Waals surface area contributed by atoms with Crippen molar-refractivity contribution in [2.45, 2.75) is 6.54 Å². The monoisotopic (exact) mass is 407 g/mol. The van der Waals surface area contributed by atoms with Crippen molar-refractivity contribution >= 4 is 23.3 Å². The third-order valence-electron chi connectivity index (χ3n) is 3.91. The largest absolute Gasteiger partial charge is 0.493 e. The number of ether oxygens (including phenoxy) is 2. The molecule has 0 unspecified atom stereocenters. The number of hydrogen-bond acceptors (Lipinski definition) is 6. The Labute approximate surface area is 173 Å². The summed E-state index contributed by atoms with van der Waals surface area (Å²) in [6, 6.07) is 9.27. The standard InChI is InChI=1S/C22H21N3O3S/c1-3-12-28-19-6-4-16(13-20(19)27-2)5-7-21(26)24-14-22-25-18(15-29-22)17-8-10-23-11-9-17/h3-11,13,15H,1,12,14H2,2H3,(H,24,26)/b7-5+. The Kier molecular flexibility index (Phi) is 7.13. The van der Waals surface area contributed by atoms with Crippen molar-refractivity contribution in [1.29, 1.82) is 0 Å². The lowest BCUT2D eigenvalue weighted by Crippen LogP contribution is -2.20. The first-order valence-electron chi connectivity index (χ1n) is 8.92. The summed E-state index contributed by atoms with van der Waals surface area (Å²) in [5, 5.41) is 5.65. The maximum Gasteiger partial charge on any atom is 0.244 e. The van der Waals surface area contributed by atoms with Crippen molar-refractivity contribution in [3.8, 4) is 22.8 Å². The normalized spacial score (nSPS) is 10.7. The molecule has 0 aliphatic carbocycles. The number of methoxy groups -OCH3 is 1. The van der Waals surface area contributed by atoms with Crippen molar-refractivity contribution in [3.05, 3.63) is 77.4 Å². The predicted octanol–water partition coefficient (Wildman–Crippen LogP) is 4.11. The summed E-state index contributed by atoms with van der Waals surface area (Å²) in [5.74, 6) is 1.03. The highest BCUT2D eigenvalue weighted by atomic mass is 32.1. The van der Waals surface area contributed by atoms with Crippen LogP contribution in [0.15, 0.2) is 66.8 Å². The molecule has 3 rings (SSSR count). The third-order valence-corrected chi connectivity index (χ3v) is 4.76. The zero-order chi connectivity index (χ0) is 20.5. The Morgan fingerprint density at radius 2 is 2.07 bits per heavy atom. The molecule has 6 nitrogen and oxygen atoms in total. The molecule has 0 fully saturated rings. The molecule has 0 bridgehead atoms. The van der Waals surface area contributed by atoms with Gasteiger partial charge in [0.05, 0.1) is 19.3 Å². The average molecular weight is 407 g/mol. The smallest absolute Gasteiger partial charge is 0.244 e. The second-order valence-electron chi connectivity index (χ2n) is 5.92. The molecule has 0 aliphatic heterocycles. The van der Waals surface area contributed by atoms with Gasteiger partial charge in [0.25, 0.3) is 0 Å². The molecule has 1 amide bonds. The zero-order valence-corrected chi connectivity index (χ0v) is 16.8. The molecule has 0 saturated heterocycles. The highest BCUT2D eigenvalue weighted by Crippen LogP contribution is 2.28. The fourth-order valence-corrected chi connectivity index (χ4v) is 3.24. The van der Waals surface area contributed by atoms with Crippen LogP contribution in [0, 0.1) is 0 Å². The number of rotatable bonds is 9. The molecule has 2 heterocycles. The maximum absolute atomic E-state index is 12.1. The molecule has 0 saturated carbocycles. The maximum atomic E-state index is 12.1. The lowest BCUT2D eigenvalue weighted by Gasteiger charge is -2.09. The van der Waals surface area contributed by atoms with Crippen LogP contribution in [0.25, 0.3) is 17.3 Å². The lowest BCUT2D eigenvalue weighted by atomic mass is 10.2. The molecule has 29 heavy (non-hydrogen) atoms. The van der Waals surface area contributed by atoms with Gasteiger partial charge in [-0.25, -0.2) is 4.98 Å². The molecular formula is C22H21N3O3S. The third kappa shape index (κ3) is 5.76. The Hall–Kier alpha value is -3.45. The van der Waals surface area contributed by atoms with E-state index in [4.69, 9.17) is 9.47 Å². The van der Waals surface area contributed by atoms with Crippen molar-refractivity contribution in [3.63, 3.8) is 0 Å². The van der Waals surface area contributed by atoms with Crippen molar-refractivity contribution < 1.29 is 14.3 Å². The van der Waals surface area contributed by atoms with Gasteiger partial charge in [-0.2, -0.15) is 0 Å². The lowest BCUT2D eigenvalue weighted by molar-refractivity contribution is -0.116. The fourth-order valence-electron chi connectivity index (χ4n) is 2.50. The van der Waals surface area contributed by atoms with Crippen LogP contribution in [0.4, 0.5) is 0 Å². The number of nitrogens with zero attached hydrogens (tertiary/aromatic N) is 2. The quantitative estimate of drug-likeness (QED) is 0.427. The Morgan fingerprint density at radius 1 is 1.24 bits per heavy atom. The van der Waals surface area contributed by atoms with Gasteiger partial charge >= 0.3 is 0 Å². The van der Waals surface area contributed by atoms with Gasteiger partial charge in [0.2, 0.25) is 5.91 Å². The van der Waals surface area contributed by atoms with Gasteiger partial charge in [-0.15, -0.1) is 11.3 Å². The van der Waals surface area contributed by atoms with Gasteiger partial charge in [-0.1, -0.05) is 18.7 Å². The molecular weight excluding hydrogens is 386 g/mol. The van der Waals surface area contributed by atoms with Crippen molar-refractivity contribution in [2.24, 2.45) is 0 Å². The van der Waals surface area contributed by atoms with Crippen LogP contribution < -0.4 is 14.8 Å². The summed E-state index contributed by atoms with van der Waals surface area (Å²) in [6.45, 7) is 4.39. The summed E-state index contributed by atoms with van der Waals surface area (Å²) in [5.41, 5.74) is 2.71. The number of aromatic nitrogens is 2. The van der Waals surface area contributed by atoms with Gasteiger partial charge in [-0.3, -0.25) is 9.78 Å². The number of amides is 1. The first kappa shape index (κ1) is 20.3. The van der Waals surface area contributed by atoms with E-state index in [1.54, 1.807) is 37.7 Å². The van der Waals surface area contributed by atoms with E-state index in [0.717, 1.165) is 21.8 Å². The van der Waals surface area contributed by atoms with Crippen LogP contribution in [0.3, 0.4) is 0 Å². The number of nitrogens with one attached hydrogen (secondary N) is 1. The summed E-state index contributed by atoms with van der Waals surface area (Å²) in [6.07, 6.45) is 8.33. The molecule has 1 N–H and O–H groups in total. The number of pyridine rings is 1. The molecule has 2 aromatic heterocycles. The molecule has 0 spiro atoms. The Morgan fingerprint density at radius 3 is 2.83 bits per heavy atom. The second kappa shape index (κ2) is 10.2. The van der Waals surface area contributed by atoms with Crippen LogP contribution in [0.1, 0.15) is 10.6 Å². The van der Waals surface area contributed by atoms with E-state index in [-0.39, 0.29) is 5.91 Å². The highest BCUT2D eigenvalue weighted by Gasteiger charge is 2.06. The zero-order valence-electron chi connectivity index (χ0n) is 16.0. The molecule has 0 radical (unpaired) electrons. The minimum atomic E-state index is -0.198. The van der Waals surface area contributed by atoms with Gasteiger partial charge in [-0.05, 0) is 35.9 Å². The second-order valence-corrected chi connectivity index (χ2v) is 6.87. The predicted molar refractivity (Wildman–Crippen MR) is 115 cm³/mol. The molecule has 0 atom stereocenters. The molecule has 1 aromatic carbocycles. The minimum absolute atomic E-state index is 0.198. The van der Waals surface area contributed by atoms with E-state index in [9.17, 15) is 4.79 Å². The summed E-state index contributed by atoms with van der Waals surface area (Å²) in [4.78, 5) is 20.7. The number of carbonyl (C=O) groups excluding carboxylic acids is 1. The van der Waals surface area contributed by atoms with E-state index < -0.39 is 0 Å². The summed E-state index contributed by atoms with van der Waals surface area (Å²) < 4.78 is 10.9. The van der Waals surface area contributed by atoms with Gasteiger partial charge in [0, 0.05) is 29.4 Å².